The SMILES string of the molecule is CCCCCCCCCCCCCCCCC(=O)OO[Si](C)(C)C. The quantitative estimate of drug-likeness (QED) is 0.120. The van der Waals surface area contributed by atoms with Crippen molar-refractivity contribution in [3.05, 3.63) is 0 Å². The monoisotopic (exact) mass is 358 g/mol. The zero-order valence-electron chi connectivity index (χ0n) is 16.8. The Labute approximate surface area is 151 Å². The maximum atomic E-state index is 11.5. The molecule has 0 aliphatic rings. The molecule has 4 heteroatoms. The minimum absolute atomic E-state index is 0.212. The third kappa shape index (κ3) is 19.7. The van der Waals surface area contributed by atoms with Crippen LogP contribution in [-0.4, -0.2) is 14.3 Å². The van der Waals surface area contributed by atoms with Crippen LogP contribution >= 0.6 is 0 Å². The molecule has 0 unspecified atom stereocenters. The molecule has 0 aromatic heterocycles. The van der Waals surface area contributed by atoms with Gasteiger partial charge in [-0.3, -0.25) is 0 Å². The Morgan fingerprint density at radius 3 is 1.42 bits per heavy atom. The van der Waals surface area contributed by atoms with Gasteiger partial charge in [0, 0.05) is 6.42 Å². The van der Waals surface area contributed by atoms with Gasteiger partial charge >= 0.3 is 5.97 Å². The molecule has 0 rings (SSSR count). The first-order valence-corrected chi connectivity index (χ1v) is 13.7. The van der Waals surface area contributed by atoms with Gasteiger partial charge in [0.05, 0.1) is 0 Å². The van der Waals surface area contributed by atoms with Crippen molar-refractivity contribution in [2.75, 3.05) is 0 Å². The van der Waals surface area contributed by atoms with E-state index in [1.165, 1.54) is 77.0 Å². The molecule has 0 saturated carbocycles. The van der Waals surface area contributed by atoms with Crippen molar-refractivity contribution in [2.45, 2.75) is 123 Å². The van der Waals surface area contributed by atoms with Crippen LogP contribution in [0.3, 0.4) is 0 Å². The smallest absolute Gasteiger partial charge is 0.310 e. The van der Waals surface area contributed by atoms with Gasteiger partial charge in [0.1, 0.15) is 0 Å². The van der Waals surface area contributed by atoms with Gasteiger partial charge in [-0.25, -0.2) is 9.37 Å². The summed E-state index contributed by atoms with van der Waals surface area (Å²) >= 11 is 0. The molecule has 144 valence electrons. The number of hydrogen-bond acceptors (Lipinski definition) is 3. The van der Waals surface area contributed by atoms with Crippen LogP contribution in [0, 0.1) is 0 Å². The molecule has 24 heavy (non-hydrogen) atoms. The minimum Gasteiger partial charge on any atom is -0.310 e. The second-order valence-corrected chi connectivity index (χ2v) is 12.4. The molecule has 0 fully saturated rings. The summed E-state index contributed by atoms with van der Waals surface area (Å²) in [6, 6.07) is 0. The Bertz CT molecular complexity index is 287. The maximum absolute atomic E-state index is 11.5. The minimum atomic E-state index is -1.75. The Kier molecular flexibility index (Phi) is 15.9. The fraction of sp³-hybridized carbons (Fsp3) is 0.950. The van der Waals surface area contributed by atoms with Crippen molar-refractivity contribution in [3.8, 4) is 0 Å². The molecule has 0 aromatic rings. The van der Waals surface area contributed by atoms with Crippen LogP contribution in [0.25, 0.3) is 0 Å². The first-order valence-electron chi connectivity index (χ1n) is 10.3. The molecule has 0 radical (unpaired) electrons. The van der Waals surface area contributed by atoms with E-state index in [4.69, 9.17) is 9.46 Å². The molecule has 0 amide bonds. The number of carbonyl (C=O) groups excluding carboxylic acids is 1. The highest BCUT2D eigenvalue weighted by molar-refractivity contribution is 6.69. The average Bonchev–Trinajstić information content (AvgIpc) is 2.52. The van der Waals surface area contributed by atoms with Gasteiger partial charge in [-0.15, -0.1) is 0 Å². The van der Waals surface area contributed by atoms with Crippen LogP contribution in [0.2, 0.25) is 19.6 Å². The highest BCUT2D eigenvalue weighted by Crippen LogP contribution is 2.13. The van der Waals surface area contributed by atoms with Crippen molar-refractivity contribution >= 4 is 14.3 Å². The predicted octanol–water partition coefficient (Wildman–Crippen LogP) is 7.17. The van der Waals surface area contributed by atoms with Crippen LogP contribution in [-0.2, 0) is 14.3 Å². The van der Waals surface area contributed by atoms with Crippen LogP contribution < -0.4 is 0 Å². The molecule has 0 saturated heterocycles. The van der Waals surface area contributed by atoms with Crippen LogP contribution in [0.15, 0.2) is 0 Å². The molecule has 0 aromatic carbocycles. The van der Waals surface area contributed by atoms with Gasteiger partial charge in [0.15, 0.2) is 0 Å². The number of rotatable bonds is 17. The van der Waals surface area contributed by atoms with Crippen LogP contribution in [0.1, 0.15) is 103 Å². The fourth-order valence-corrected chi connectivity index (χ4v) is 3.02. The number of unbranched alkanes of at least 4 members (excludes halogenated alkanes) is 13. The lowest BCUT2D eigenvalue weighted by molar-refractivity contribution is -0.219. The lowest BCUT2D eigenvalue weighted by atomic mass is 10.0. The van der Waals surface area contributed by atoms with Crippen molar-refractivity contribution in [1.82, 2.24) is 0 Å². The van der Waals surface area contributed by atoms with Crippen LogP contribution in [0.5, 0.6) is 0 Å². The summed E-state index contributed by atoms with van der Waals surface area (Å²) in [5, 5.41) is 0. The Morgan fingerprint density at radius 2 is 1.04 bits per heavy atom. The van der Waals surface area contributed by atoms with Crippen molar-refractivity contribution < 1.29 is 14.3 Å². The lowest BCUT2D eigenvalue weighted by Gasteiger charge is -2.14. The Morgan fingerprint density at radius 1 is 0.667 bits per heavy atom. The van der Waals surface area contributed by atoms with Gasteiger partial charge in [-0.2, -0.15) is 0 Å². The summed E-state index contributed by atoms with van der Waals surface area (Å²) in [7, 11) is -1.75. The normalized spacial score (nSPS) is 11.7. The first-order chi connectivity index (χ1) is 11.5. The topological polar surface area (TPSA) is 35.5 Å². The number of carbonyl (C=O) groups is 1. The third-order valence-corrected chi connectivity index (χ3v) is 4.70. The van der Waals surface area contributed by atoms with Gasteiger partial charge in [-0.05, 0) is 26.1 Å². The Balaban J connectivity index is 3.16. The third-order valence-electron chi connectivity index (χ3n) is 4.12. The van der Waals surface area contributed by atoms with E-state index in [2.05, 4.69) is 6.92 Å². The molecule has 3 nitrogen and oxygen atoms in total. The van der Waals surface area contributed by atoms with Crippen molar-refractivity contribution in [3.63, 3.8) is 0 Å². The van der Waals surface area contributed by atoms with Crippen molar-refractivity contribution in [1.29, 1.82) is 0 Å². The zero-order valence-corrected chi connectivity index (χ0v) is 17.8. The molecule has 0 atom stereocenters. The van der Waals surface area contributed by atoms with E-state index < -0.39 is 8.32 Å². The molecular weight excluding hydrogens is 316 g/mol. The maximum Gasteiger partial charge on any atom is 0.340 e. The molecule has 0 heterocycles. The molecule has 0 bridgehead atoms. The predicted molar refractivity (Wildman–Crippen MR) is 105 cm³/mol. The molecule has 0 spiro atoms. The van der Waals surface area contributed by atoms with Gasteiger partial charge < -0.3 is 4.89 Å². The molecule has 0 N–H and O–H groups in total. The van der Waals surface area contributed by atoms with Crippen LogP contribution in [0.4, 0.5) is 0 Å². The van der Waals surface area contributed by atoms with E-state index in [0.29, 0.717) is 6.42 Å². The standard InChI is InChI=1S/C20H42O3Si/c1-5-6-7-8-9-10-11-12-13-14-15-16-17-18-19-20(21)22-23-24(2,3)4/h5-19H2,1-4H3. The van der Waals surface area contributed by atoms with E-state index in [9.17, 15) is 4.79 Å². The second-order valence-electron chi connectivity index (χ2n) is 8.00. The zero-order chi connectivity index (χ0) is 18.1. The molecular formula is C20H42O3Si. The van der Waals surface area contributed by atoms with E-state index in [-0.39, 0.29) is 5.97 Å². The second kappa shape index (κ2) is 16.1. The average molecular weight is 359 g/mol. The highest BCUT2D eigenvalue weighted by Gasteiger charge is 2.18. The highest BCUT2D eigenvalue weighted by atomic mass is 28.4. The van der Waals surface area contributed by atoms with E-state index in [0.717, 1.165) is 12.8 Å². The van der Waals surface area contributed by atoms with E-state index >= 15 is 0 Å². The lowest BCUT2D eigenvalue weighted by Crippen LogP contribution is -2.27. The van der Waals surface area contributed by atoms with Crippen molar-refractivity contribution in [2.24, 2.45) is 0 Å². The van der Waals surface area contributed by atoms with Gasteiger partial charge in [0.2, 0.25) is 8.32 Å². The number of hydrogen-bond donors (Lipinski definition) is 0. The molecule has 0 aliphatic heterocycles. The molecule has 0 aliphatic carbocycles. The summed E-state index contributed by atoms with van der Waals surface area (Å²) in [4.78, 5) is 16.3. The largest absolute Gasteiger partial charge is 0.340 e. The first kappa shape index (κ1) is 23.6. The summed E-state index contributed by atoms with van der Waals surface area (Å²) < 4.78 is 5.15. The van der Waals surface area contributed by atoms with Gasteiger partial charge in [-0.1, -0.05) is 90.4 Å². The summed E-state index contributed by atoms with van der Waals surface area (Å²) in [5.74, 6) is -0.212. The summed E-state index contributed by atoms with van der Waals surface area (Å²) in [6.45, 7) is 8.29. The Hall–Kier alpha value is -0.353. The van der Waals surface area contributed by atoms with E-state index in [1.54, 1.807) is 0 Å². The van der Waals surface area contributed by atoms with E-state index in [1.807, 2.05) is 19.6 Å². The summed E-state index contributed by atoms with van der Waals surface area (Å²) in [6.07, 6.45) is 19.1. The summed E-state index contributed by atoms with van der Waals surface area (Å²) in [5.41, 5.74) is 0. The van der Waals surface area contributed by atoms with Gasteiger partial charge in [0.25, 0.3) is 0 Å². The fourth-order valence-electron chi connectivity index (χ4n) is 2.68.